The highest BCUT2D eigenvalue weighted by molar-refractivity contribution is 4.96. The van der Waals surface area contributed by atoms with Crippen LogP contribution in [0.4, 0.5) is 0 Å². The van der Waals surface area contributed by atoms with E-state index in [-0.39, 0.29) is 0 Å². The number of rotatable bonds is 6. The maximum Gasteiger partial charge on any atom is 0.0950 e. The average molecular weight is 265 g/mol. The summed E-state index contributed by atoms with van der Waals surface area (Å²) < 4.78 is 2.07. The van der Waals surface area contributed by atoms with Crippen molar-refractivity contribution in [2.75, 3.05) is 40.3 Å². The Balaban J connectivity index is 1.75. The number of piperidine rings is 1. The fraction of sp³-hybridized carbons (Fsp3) is 0.786. The fourth-order valence-corrected chi connectivity index (χ4v) is 2.79. The summed E-state index contributed by atoms with van der Waals surface area (Å²) in [7, 11) is 4.41. The molecule has 1 fully saturated rings. The molecule has 0 radical (unpaired) electrons. The number of hydrogen-bond donors (Lipinski definition) is 1. The Morgan fingerprint density at radius 1 is 1.42 bits per heavy atom. The van der Waals surface area contributed by atoms with Gasteiger partial charge in [-0.05, 0) is 45.9 Å². The SMILES string of the molecule is CN1CCC(CN(C)Cc2cn(CCN)cn2)CC1. The van der Waals surface area contributed by atoms with Crippen molar-refractivity contribution in [3.63, 3.8) is 0 Å². The van der Waals surface area contributed by atoms with Crippen LogP contribution in [-0.2, 0) is 13.1 Å². The highest BCUT2D eigenvalue weighted by Crippen LogP contribution is 2.17. The van der Waals surface area contributed by atoms with Gasteiger partial charge in [0.05, 0.1) is 12.0 Å². The second-order valence-electron chi connectivity index (χ2n) is 5.83. The summed E-state index contributed by atoms with van der Waals surface area (Å²) in [6, 6.07) is 0. The van der Waals surface area contributed by atoms with E-state index in [1.54, 1.807) is 0 Å². The van der Waals surface area contributed by atoms with Gasteiger partial charge >= 0.3 is 0 Å². The van der Waals surface area contributed by atoms with Gasteiger partial charge in [0.2, 0.25) is 0 Å². The van der Waals surface area contributed by atoms with E-state index in [9.17, 15) is 0 Å². The third-order valence-electron chi connectivity index (χ3n) is 3.91. The Morgan fingerprint density at radius 3 is 2.84 bits per heavy atom. The summed E-state index contributed by atoms with van der Waals surface area (Å²) in [5, 5.41) is 0. The molecular formula is C14H27N5. The first-order valence-corrected chi connectivity index (χ1v) is 7.25. The first kappa shape index (κ1) is 14.5. The number of aromatic nitrogens is 2. The molecular weight excluding hydrogens is 238 g/mol. The molecule has 5 heteroatoms. The molecule has 0 amide bonds. The van der Waals surface area contributed by atoms with Crippen molar-refractivity contribution in [1.29, 1.82) is 0 Å². The molecule has 2 rings (SSSR count). The van der Waals surface area contributed by atoms with E-state index in [1.807, 2.05) is 6.33 Å². The minimum absolute atomic E-state index is 0.668. The largest absolute Gasteiger partial charge is 0.336 e. The van der Waals surface area contributed by atoms with E-state index in [4.69, 9.17) is 5.73 Å². The van der Waals surface area contributed by atoms with E-state index < -0.39 is 0 Å². The molecule has 0 atom stereocenters. The van der Waals surface area contributed by atoms with Crippen molar-refractivity contribution >= 4 is 0 Å². The first-order valence-electron chi connectivity index (χ1n) is 7.25. The lowest BCUT2D eigenvalue weighted by Gasteiger charge is -2.31. The molecule has 0 aromatic carbocycles. The summed E-state index contributed by atoms with van der Waals surface area (Å²) >= 11 is 0. The molecule has 108 valence electrons. The van der Waals surface area contributed by atoms with Crippen molar-refractivity contribution in [2.45, 2.75) is 25.9 Å². The highest BCUT2D eigenvalue weighted by atomic mass is 15.1. The maximum atomic E-state index is 5.54. The third-order valence-corrected chi connectivity index (χ3v) is 3.91. The first-order chi connectivity index (χ1) is 9.17. The smallest absolute Gasteiger partial charge is 0.0950 e. The molecule has 1 aromatic heterocycles. The molecule has 0 unspecified atom stereocenters. The monoisotopic (exact) mass is 265 g/mol. The van der Waals surface area contributed by atoms with Crippen LogP contribution < -0.4 is 5.73 Å². The Hall–Kier alpha value is -0.910. The van der Waals surface area contributed by atoms with Gasteiger partial charge in [-0.1, -0.05) is 0 Å². The predicted molar refractivity (Wildman–Crippen MR) is 77.8 cm³/mol. The van der Waals surface area contributed by atoms with Crippen LogP contribution in [0, 0.1) is 5.92 Å². The molecule has 2 heterocycles. The van der Waals surface area contributed by atoms with Crippen molar-refractivity contribution in [3.8, 4) is 0 Å². The molecule has 1 aromatic rings. The van der Waals surface area contributed by atoms with Crippen molar-refractivity contribution in [1.82, 2.24) is 19.4 Å². The minimum atomic E-state index is 0.668. The van der Waals surface area contributed by atoms with Crippen LogP contribution >= 0.6 is 0 Å². The van der Waals surface area contributed by atoms with E-state index in [0.717, 1.165) is 24.7 Å². The molecule has 1 saturated heterocycles. The third kappa shape index (κ3) is 4.60. The van der Waals surface area contributed by atoms with Crippen LogP contribution in [0.5, 0.6) is 0 Å². The molecule has 0 saturated carbocycles. The highest BCUT2D eigenvalue weighted by Gasteiger charge is 2.18. The fourth-order valence-electron chi connectivity index (χ4n) is 2.79. The average Bonchev–Trinajstić information content (AvgIpc) is 2.80. The van der Waals surface area contributed by atoms with Gasteiger partial charge in [0.1, 0.15) is 0 Å². The predicted octanol–water partition coefficient (Wildman–Crippen LogP) is 0.615. The Bertz CT molecular complexity index is 368. The molecule has 0 bridgehead atoms. The van der Waals surface area contributed by atoms with Crippen LogP contribution in [0.25, 0.3) is 0 Å². The topological polar surface area (TPSA) is 50.3 Å². The number of imidazole rings is 1. The maximum absolute atomic E-state index is 5.54. The molecule has 2 N–H and O–H groups in total. The van der Waals surface area contributed by atoms with Crippen molar-refractivity contribution < 1.29 is 0 Å². The lowest BCUT2D eigenvalue weighted by atomic mass is 9.97. The van der Waals surface area contributed by atoms with Crippen molar-refractivity contribution in [3.05, 3.63) is 18.2 Å². The molecule has 0 spiro atoms. The lowest BCUT2D eigenvalue weighted by molar-refractivity contribution is 0.173. The van der Waals surface area contributed by atoms with Crippen LogP contribution in [0.15, 0.2) is 12.5 Å². The molecule has 0 aliphatic carbocycles. The standard InChI is InChI=1S/C14H27N5/c1-17-6-3-13(4-7-17)9-18(2)10-14-11-19(8-5-15)12-16-14/h11-13H,3-10,15H2,1-2H3. The molecule has 1 aliphatic heterocycles. The zero-order chi connectivity index (χ0) is 13.7. The summed E-state index contributed by atoms with van der Waals surface area (Å²) in [6.45, 7) is 6.11. The van der Waals surface area contributed by atoms with Crippen LogP contribution in [0.3, 0.4) is 0 Å². The number of hydrogen-bond acceptors (Lipinski definition) is 4. The second kappa shape index (κ2) is 7.03. The van der Waals surface area contributed by atoms with Gasteiger partial charge in [-0.25, -0.2) is 4.98 Å². The van der Waals surface area contributed by atoms with Gasteiger partial charge in [0.25, 0.3) is 0 Å². The Morgan fingerprint density at radius 2 is 2.16 bits per heavy atom. The molecule has 1 aliphatic rings. The van der Waals surface area contributed by atoms with E-state index in [2.05, 4.69) is 39.6 Å². The van der Waals surface area contributed by atoms with Crippen LogP contribution in [0.1, 0.15) is 18.5 Å². The van der Waals surface area contributed by atoms with Crippen molar-refractivity contribution in [2.24, 2.45) is 11.7 Å². The van der Waals surface area contributed by atoms with E-state index >= 15 is 0 Å². The van der Waals surface area contributed by atoms with E-state index in [1.165, 1.54) is 32.5 Å². The molecule has 19 heavy (non-hydrogen) atoms. The van der Waals surface area contributed by atoms with Gasteiger partial charge in [-0.2, -0.15) is 0 Å². The van der Waals surface area contributed by atoms with Gasteiger partial charge in [-0.15, -0.1) is 0 Å². The zero-order valence-corrected chi connectivity index (χ0v) is 12.3. The minimum Gasteiger partial charge on any atom is -0.336 e. The Labute approximate surface area is 116 Å². The normalized spacial score (nSPS) is 18.3. The zero-order valence-electron chi connectivity index (χ0n) is 12.3. The second-order valence-corrected chi connectivity index (χ2v) is 5.83. The summed E-state index contributed by atoms with van der Waals surface area (Å²) in [4.78, 5) is 9.25. The number of nitrogens with zero attached hydrogens (tertiary/aromatic N) is 4. The summed E-state index contributed by atoms with van der Waals surface area (Å²) in [5.41, 5.74) is 6.69. The molecule has 5 nitrogen and oxygen atoms in total. The number of likely N-dealkylation sites (tertiary alicyclic amines) is 1. The quantitative estimate of drug-likeness (QED) is 0.819. The van der Waals surface area contributed by atoms with Crippen LogP contribution in [0.2, 0.25) is 0 Å². The number of nitrogens with two attached hydrogens (primary N) is 1. The van der Waals surface area contributed by atoms with Gasteiger partial charge in [-0.3, -0.25) is 0 Å². The van der Waals surface area contributed by atoms with Gasteiger partial charge in [0, 0.05) is 32.4 Å². The van der Waals surface area contributed by atoms with Crippen LogP contribution in [-0.4, -0.2) is 59.6 Å². The summed E-state index contributed by atoms with van der Waals surface area (Å²) in [5.74, 6) is 0.840. The summed E-state index contributed by atoms with van der Waals surface area (Å²) in [6.07, 6.45) is 6.63. The van der Waals surface area contributed by atoms with Gasteiger partial charge in [0.15, 0.2) is 0 Å². The van der Waals surface area contributed by atoms with Gasteiger partial charge < -0.3 is 20.1 Å². The Kier molecular flexibility index (Phi) is 5.36. The lowest BCUT2D eigenvalue weighted by Crippen LogP contribution is -2.35. The van der Waals surface area contributed by atoms with E-state index in [0.29, 0.717) is 6.54 Å².